The Bertz CT molecular complexity index is 726. The van der Waals surface area contributed by atoms with Crippen molar-refractivity contribution >= 4 is 17.9 Å². The van der Waals surface area contributed by atoms with Crippen molar-refractivity contribution in [2.24, 2.45) is 4.99 Å². The summed E-state index contributed by atoms with van der Waals surface area (Å²) in [4.78, 5) is 19.6. The van der Waals surface area contributed by atoms with Gasteiger partial charge < -0.3 is 4.74 Å². The summed E-state index contributed by atoms with van der Waals surface area (Å²) in [5.41, 5.74) is 2.17. The number of hydrogen-bond acceptors (Lipinski definition) is 4. The average molecular weight is 298 g/mol. The molecule has 0 saturated heterocycles. The third-order valence-corrected chi connectivity index (χ3v) is 2.67. The highest BCUT2D eigenvalue weighted by Crippen LogP contribution is 2.20. The lowest BCUT2D eigenvalue weighted by atomic mass is 10.1. The zero-order valence-electron chi connectivity index (χ0n) is 12.3. The fourth-order valence-electron chi connectivity index (χ4n) is 1.79. The van der Waals surface area contributed by atoms with Gasteiger partial charge in [-0.2, -0.15) is 4.39 Å². The molecule has 4 nitrogen and oxygen atoms in total. The van der Waals surface area contributed by atoms with Crippen LogP contribution in [0.2, 0.25) is 0 Å². The van der Waals surface area contributed by atoms with Crippen LogP contribution in [0.3, 0.4) is 0 Å². The Morgan fingerprint density at radius 2 is 2.18 bits per heavy atom. The van der Waals surface area contributed by atoms with E-state index in [1.165, 1.54) is 24.4 Å². The number of aromatic nitrogens is 1. The van der Waals surface area contributed by atoms with E-state index in [4.69, 9.17) is 4.74 Å². The highest BCUT2D eigenvalue weighted by molar-refractivity contribution is 6.13. The number of cyclic esters (lactones) is 1. The van der Waals surface area contributed by atoms with E-state index >= 15 is 0 Å². The fraction of sp³-hybridized carbons (Fsp3) is 0.118. The summed E-state index contributed by atoms with van der Waals surface area (Å²) in [6, 6.07) is 2.72. The fourth-order valence-corrected chi connectivity index (χ4v) is 1.79. The average Bonchev–Trinajstić information content (AvgIpc) is 2.82. The number of allylic oxidation sites excluding steroid dienone is 3. The topological polar surface area (TPSA) is 51.5 Å². The van der Waals surface area contributed by atoms with E-state index in [9.17, 15) is 9.18 Å². The van der Waals surface area contributed by atoms with Crippen LogP contribution in [0, 0.1) is 5.95 Å². The van der Waals surface area contributed by atoms with Crippen molar-refractivity contribution in [1.82, 2.24) is 4.98 Å². The normalized spacial score (nSPS) is 17.0. The molecule has 0 fully saturated rings. The van der Waals surface area contributed by atoms with E-state index in [1.54, 1.807) is 12.2 Å². The maximum Gasteiger partial charge on any atom is 0.363 e. The molecule has 112 valence electrons. The molecule has 2 rings (SSSR count). The number of esters is 1. The van der Waals surface area contributed by atoms with Crippen molar-refractivity contribution in [2.45, 2.75) is 13.8 Å². The number of nitrogens with zero attached hydrogens (tertiary/aromatic N) is 2. The predicted molar refractivity (Wildman–Crippen MR) is 83.4 cm³/mol. The lowest BCUT2D eigenvalue weighted by molar-refractivity contribution is -0.129. The van der Waals surface area contributed by atoms with Gasteiger partial charge in [0.15, 0.2) is 5.70 Å². The second-order valence-electron chi connectivity index (χ2n) is 4.70. The van der Waals surface area contributed by atoms with Crippen LogP contribution in [0.5, 0.6) is 0 Å². The molecule has 0 saturated carbocycles. The highest BCUT2D eigenvalue weighted by atomic mass is 19.1. The molecular weight excluding hydrogens is 283 g/mol. The minimum atomic E-state index is -0.583. The van der Waals surface area contributed by atoms with Gasteiger partial charge in [-0.1, -0.05) is 24.3 Å². The third-order valence-electron chi connectivity index (χ3n) is 2.67. The number of carbonyl (C=O) groups excluding carboxylic acids is 1. The number of aliphatic imine (C=N–C) groups is 1. The lowest BCUT2D eigenvalue weighted by Crippen LogP contribution is -2.05. The number of ether oxygens (including phenoxy) is 1. The Morgan fingerprint density at radius 1 is 1.41 bits per heavy atom. The minimum Gasteiger partial charge on any atom is -0.402 e. The van der Waals surface area contributed by atoms with Crippen LogP contribution in [0.1, 0.15) is 19.4 Å². The largest absolute Gasteiger partial charge is 0.402 e. The van der Waals surface area contributed by atoms with Crippen molar-refractivity contribution in [1.29, 1.82) is 0 Å². The summed E-state index contributed by atoms with van der Waals surface area (Å²) >= 11 is 0. The molecule has 1 aromatic rings. The van der Waals surface area contributed by atoms with Gasteiger partial charge in [0, 0.05) is 11.8 Å². The molecule has 1 aliphatic heterocycles. The molecule has 0 amide bonds. The van der Waals surface area contributed by atoms with E-state index in [2.05, 4.69) is 16.6 Å². The summed E-state index contributed by atoms with van der Waals surface area (Å²) in [6.45, 7) is 7.49. The Labute approximate surface area is 128 Å². The molecule has 0 aliphatic carbocycles. The first kappa shape index (κ1) is 15.6. The zero-order chi connectivity index (χ0) is 16.1. The minimum absolute atomic E-state index is 0.139. The van der Waals surface area contributed by atoms with Gasteiger partial charge in [0.05, 0.1) is 0 Å². The van der Waals surface area contributed by atoms with Gasteiger partial charge in [-0.05, 0) is 43.7 Å². The monoisotopic (exact) mass is 298 g/mol. The number of carbonyl (C=O) groups is 1. The van der Waals surface area contributed by atoms with Crippen LogP contribution in [-0.2, 0) is 9.53 Å². The number of pyridine rings is 1. The van der Waals surface area contributed by atoms with Gasteiger partial charge in [0.1, 0.15) is 0 Å². The molecule has 5 heteroatoms. The molecule has 0 bridgehead atoms. The van der Waals surface area contributed by atoms with Gasteiger partial charge in [-0.15, -0.1) is 0 Å². The Balaban J connectivity index is 2.35. The van der Waals surface area contributed by atoms with Gasteiger partial charge in [-0.3, -0.25) is 0 Å². The third kappa shape index (κ3) is 3.85. The molecule has 1 aromatic heterocycles. The number of hydrogen-bond donors (Lipinski definition) is 0. The summed E-state index contributed by atoms with van der Waals surface area (Å²) in [7, 11) is 0. The SMILES string of the molecule is C=C(C)/C=C(\C=C/C)C1=N/C(=C\c2ccc(F)nc2)C(=O)O1. The molecule has 0 radical (unpaired) electrons. The van der Waals surface area contributed by atoms with Crippen LogP contribution in [-0.4, -0.2) is 16.9 Å². The van der Waals surface area contributed by atoms with Crippen LogP contribution in [0.25, 0.3) is 6.08 Å². The highest BCUT2D eigenvalue weighted by Gasteiger charge is 2.24. The first-order valence-corrected chi connectivity index (χ1v) is 6.64. The molecule has 0 aromatic carbocycles. The maximum absolute atomic E-state index is 12.8. The van der Waals surface area contributed by atoms with Crippen molar-refractivity contribution in [3.05, 3.63) is 71.5 Å². The summed E-state index contributed by atoms with van der Waals surface area (Å²) < 4.78 is 17.9. The van der Waals surface area contributed by atoms with Gasteiger partial charge in [0.25, 0.3) is 0 Å². The number of halogens is 1. The molecule has 0 unspecified atom stereocenters. The van der Waals surface area contributed by atoms with Crippen molar-refractivity contribution < 1.29 is 13.9 Å². The Kier molecular flexibility index (Phi) is 4.78. The van der Waals surface area contributed by atoms with Crippen molar-refractivity contribution in [3.63, 3.8) is 0 Å². The molecule has 22 heavy (non-hydrogen) atoms. The lowest BCUT2D eigenvalue weighted by Gasteiger charge is -2.00. The molecule has 2 heterocycles. The maximum atomic E-state index is 12.8. The van der Waals surface area contributed by atoms with Crippen LogP contribution in [0.4, 0.5) is 4.39 Å². The van der Waals surface area contributed by atoms with Crippen LogP contribution < -0.4 is 0 Å². The summed E-state index contributed by atoms with van der Waals surface area (Å²) in [5, 5.41) is 0. The second-order valence-corrected chi connectivity index (χ2v) is 4.70. The second kappa shape index (κ2) is 6.76. The van der Waals surface area contributed by atoms with Gasteiger partial charge in [-0.25, -0.2) is 14.8 Å². The molecule has 1 aliphatic rings. The van der Waals surface area contributed by atoms with Gasteiger partial charge >= 0.3 is 5.97 Å². The molecular formula is C17H15FN2O2. The van der Waals surface area contributed by atoms with Crippen LogP contribution in [0.15, 0.2) is 65.0 Å². The quantitative estimate of drug-likeness (QED) is 0.369. The Hall–Kier alpha value is -2.82. The Morgan fingerprint density at radius 3 is 2.77 bits per heavy atom. The van der Waals surface area contributed by atoms with E-state index in [-0.39, 0.29) is 11.6 Å². The standard InChI is InChI=1S/C17H15FN2O2/c1-4-5-13(8-11(2)3)16-20-14(17(21)22-16)9-12-6-7-15(18)19-10-12/h4-10H,2H2,1,3H3/b5-4-,13-8+,14-9-. The van der Waals surface area contributed by atoms with Gasteiger partial charge in [0.2, 0.25) is 11.8 Å². The van der Waals surface area contributed by atoms with Crippen molar-refractivity contribution in [3.8, 4) is 0 Å². The molecule has 0 spiro atoms. The molecule has 0 N–H and O–H groups in total. The summed E-state index contributed by atoms with van der Waals surface area (Å²) in [5.74, 6) is -0.927. The first-order valence-electron chi connectivity index (χ1n) is 6.64. The van der Waals surface area contributed by atoms with Crippen molar-refractivity contribution in [2.75, 3.05) is 0 Å². The molecule has 0 atom stereocenters. The predicted octanol–water partition coefficient (Wildman–Crippen LogP) is 3.60. The van der Waals surface area contributed by atoms with E-state index in [0.29, 0.717) is 11.1 Å². The van der Waals surface area contributed by atoms with E-state index < -0.39 is 11.9 Å². The van der Waals surface area contributed by atoms with E-state index in [0.717, 1.165) is 5.57 Å². The van der Waals surface area contributed by atoms with Crippen LogP contribution >= 0.6 is 0 Å². The smallest absolute Gasteiger partial charge is 0.363 e. The first-order chi connectivity index (χ1) is 10.5. The van der Waals surface area contributed by atoms with E-state index in [1.807, 2.05) is 19.9 Å². The zero-order valence-corrected chi connectivity index (χ0v) is 12.3. The number of rotatable bonds is 4. The summed E-state index contributed by atoms with van der Waals surface area (Å²) in [6.07, 6.45) is 8.18.